The highest BCUT2D eigenvalue weighted by Crippen LogP contribution is 2.27. The predicted octanol–water partition coefficient (Wildman–Crippen LogP) is 2.96. The molecule has 1 heterocycles. The van der Waals surface area contributed by atoms with Crippen molar-refractivity contribution < 1.29 is 18.3 Å². The summed E-state index contributed by atoms with van der Waals surface area (Å²) in [6.45, 7) is 1.63. The first-order valence-corrected chi connectivity index (χ1v) is 6.12. The van der Waals surface area contributed by atoms with E-state index in [1.807, 2.05) is 0 Å². The summed E-state index contributed by atoms with van der Waals surface area (Å²) in [7, 11) is 0. The van der Waals surface area contributed by atoms with Crippen molar-refractivity contribution in [2.24, 2.45) is 0 Å². The van der Waals surface area contributed by atoms with Crippen LogP contribution in [0.3, 0.4) is 0 Å². The lowest BCUT2D eigenvalue weighted by atomic mass is 10.1. The van der Waals surface area contributed by atoms with Crippen LogP contribution in [0.15, 0.2) is 6.07 Å². The van der Waals surface area contributed by atoms with Crippen molar-refractivity contribution in [3.8, 4) is 6.07 Å². The van der Waals surface area contributed by atoms with Crippen LogP contribution < -0.4 is 0 Å². The summed E-state index contributed by atoms with van der Waals surface area (Å²) in [4.78, 5) is 15.3. The zero-order valence-corrected chi connectivity index (χ0v) is 11.0. The maximum absolute atomic E-state index is 12.9. The molecule has 0 saturated heterocycles. The minimum atomic E-state index is -2.96. The Morgan fingerprint density at radius 3 is 2.78 bits per heavy atom. The van der Waals surface area contributed by atoms with Gasteiger partial charge >= 0.3 is 5.97 Å². The molecule has 0 bridgehead atoms. The van der Waals surface area contributed by atoms with E-state index in [4.69, 9.17) is 10.00 Å². The molecule has 1 aromatic rings. The standard InChI is InChI=1S/C11H9BrF2N2O2/c1-2-18-11(17)7-3-6(4-12)16-8(5-15)9(7)10(13)14/h3,10H,2,4H2,1H3. The molecule has 0 N–H and O–H groups in total. The first-order chi connectivity index (χ1) is 8.54. The summed E-state index contributed by atoms with van der Waals surface area (Å²) in [5.41, 5.74) is -1.13. The third-order valence-corrected chi connectivity index (χ3v) is 2.64. The van der Waals surface area contributed by atoms with Crippen molar-refractivity contribution in [1.29, 1.82) is 5.26 Å². The minimum Gasteiger partial charge on any atom is -0.462 e. The normalized spacial score (nSPS) is 10.2. The second-order valence-electron chi connectivity index (χ2n) is 3.19. The van der Waals surface area contributed by atoms with E-state index in [2.05, 4.69) is 20.9 Å². The van der Waals surface area contributed by atoms with Crippen LogP contribution in [0.4, 0.5) is 8.78 Å². The number of nitriles is 1. The monoisotopic (exact) mass is 318 g/mol. The van der Waals surface area contributed by atoms with Crippen LogP contribution in [0, 0.1) is 11.3 Å². The summed E-state index contributed by atoms with van der Waals surface area (Å²) in [6, 6.07) is 2.77. The maximum atomic E-state index is 12.9. The summed E-state index contributed by atoms with van der Waals surface area (Å²) < 4.78 is 30.5. The van der Waals surface area contributed by atoms with Crippen LogP contribution in [-0.4, -0.2) is 17.6 Å². The highest BCUT2D eigenvalue weighted by Gasteiger charge is 2.25. The SMILES string of the molecule is CCOC(=O)c1cc(CBr)nc(C#N)c1C(F)F. The molecule has 4 nitrogen and oxygen atoms in total. The number of alkyl halides is 3. The Balaban J connectivity index is 3.45. The number of hydrogen-bond acceptors (Lipinski definition) is 4. The quantitative estimate of drug-likeness (QED) is 0.632. The van der Waals surface area contributed by atoms with E-state index in [0.717, 1.165) is 0 Å². The number of ether oxygens (including phenoxy) is 1. The molecule has 0 unspecified atom stereocenters. The summed E-state index contributed by atoms with van der Waals surface area (Å²) in [5, 5.41) is 9.06. The average Bonchev–Trinajstić information content (AvgIpc) is 2.36. The van der Waals surface area contributed by atoms with Crippen LogP contribution in [-0.2, 0) is 10.1 Å². The molecule has 1 rings (SSSR count). The summed E-state index contributed by atoms with van der Waals surface area (Å²) in [6.07, 6.45) is -2.96. The van der Waals surface area contributed by atoms with Gasteiger partial charge in [0.15, 0.2) is 5.69 Å². The minimum absolute atomic E-state index is 0.0648. The van der Waals surface area contributed by atoms with Gasteiger partial charge in [0.1, 0.15) is 6.07 Å². The molecule has 0 fully saturated rings. The van der Waals surface area contributed by atoms with E-state index >= 15 is 0 Å². The van der Waals surface area contributed by atoms with Gasteiger partial charge in [-0.25, -0.2) is 18.6 Å². The second kappa shape index (κ2) is 6.40. The van der Waals surface area contributed by atoms with Gasteiger partial charge in [0, 0.05) is 5.33 Å². The van der Waals surface area contributed by atoms with E-state index in [9.17, 15) is 13.6 Å². The fourth-order valence-electron chi connectivity index (χ4n) is 1.36. The topological polar surface area (TPSA) is 63.0 Å². The molecule has 0 radical (unpaired) electrons. The van der Waals surface area contributed by atoms with Gasteiger partial charge in [-0.1, -0.05) is 15.9 Å². The average molecular weight is 319 g/mol. The fraction of sp³-hybridized carbons (Fsp3) is 0.364. The van der Waals surface area contributed by atoms with Crippen molar-refractivity contribution in [2.45, 2.75) is 18.7 Å². The van der Waals surface area contributed by atoms with Gasteiger partial charge in [0.25, 0.3) is 6.43 Å². The lowest BCUT2D eigenvalue weighted by Crippen LogP contribution is -2.12. The van der Waals surface area contributed by atoms with Crippen LogP contribution in [0.5, 0.6) is 0 Å². The summed E-state index contributed by atoms with van der Waals surface area (Å²) >= 11 is 3.09. The van der Waals surface area contributed by atoms with Crippen LogP contribution in [0.1, 0.15) is 40.7 Å². The van der Waals surface area contributed by atoms with Gasteiger partial charge in [0.05, 0.1) is 23.4 Å². The number of aromatic nitrogens is 1. The van der Waals surface area contributed by atoms with E-state index < -0.39 is 23.7 Å². The van der Waals surface area contributed by atoms with E-state index in [0.29, 0.717) is 5.69 Å². The van der Waals surface area contributed by atoms with Crippen molar-refractivity contribution >= 4 is 21.9 Å². The molecule has 7 heteroatoms. The number of nitrogens with zero attached hydrogens (tertiary/aromatic N) is 2. The van der Waals surface area contributed by atoms with Gasteiger partial charge in [-0.05, 0) is 13.0 Å². The predicted molar refractivity (Wildman–Crippen MR) is 62.5 cm³/mol. The third kappa shape index (κ3) is 3.01. The Bertz CT molecular complexity index is 501. The first-order valence-electron chi connectivity index (χ1n) is 5.00. The zero-order valence-electron chi connectivity index (χ0n) is 9.41. The Hall–Kier alpha value is -1.55. The van der Waals surface area contributed by atoms with E-state index in [-0.39, 0.29) is 17.5 Å². The molecule has 0 aliphatic heterocycles. The third-order valence-electron chi connectivity index (χ3n) is 2.07. The smallest absolute Gasteiger partial charge is 0.338 e. The van der Waals surface area contributed by atoms with Crippen LogP contribution >= 0.6 is 15.9 Å². The molecular weight excluding hydrogens is 310 g/mol. The highest BCUT2D eigenvalue weighted by molar-refractivity contribution is 9.08. The van der Waals surface area contributed by atoms with Gasteiger partial charge in [-0.3, -0.25) is 0 Å². The van der Waals surface area contributed by atoms with Crippen molar-refractivity contribution in [2.75, 3.05) is 6.61 Å². The van der Waals surface area contributed by atoms with Crippen molar-refractivity contribution in [1.82, 2.24) is 4.98 Å². The Morgan fingerprint density at radius 2 is 2.33 bits per heavy atom. The zero-order chi connectivity index (χ0) is 13.7. The molecule has 0 aliphatic rings. The van der Waals surface area contributed by atoms with Crippen LogP contribution in [0.2, 0.25) is 0 Å². The lowest BCUT2D eigenvalue weighted by molar-refractivity contribution is 0.0515. The molecule has 0 saturated carbocycles. The first kappa shape index (κ1) is 14.5. The van der Waals surface area contributed by atoms with Gasteiger partial charge in [-0.2, -0.15) is 5.26 Å². The Labute approximate surface area is 111 Å². The number of halogens is 3. The molecule has 0 aliphatic carbocycles. The Kier molecular flexibility index (Phi) is 5.16. The van der Waals surface area contributed by atoms with Gasteiger partial charge < -0.3 is 4.74 Å². The molecule has 1 aromatic heterocycles. The highest BCUT2D eigenvalue weighted by atomic mass is 79.9. The molecule has 0 amide bonds. The number of rotatable bonds is 4. The second-order valence-corrected chi connectivity index (χ2v) is 3.75. The fourth-order valence-corrected chi connectivity index (χ4v) is 1.65. The number of carbonyl (C=O) groups is 1. The van der Waals surface area contributed by atoms with Gasteiger partial charge in [-0.15, -0.1) is 0 Å². The molecule has 0 spiro atoms. The molecule has 0 aromatic carbocycles. The van der Waals surface area contributed by atoms with Gasteiger partial charge in [0.2, 0.25) is 0 Å². The largest absolute Gasteiger partial charge is 0.462 e. The molecule has 0 atom stereocenters. The molecule has 18 heavy (non-hydrogen) atoms. The number of hydrogen-bond donors (Lipinski definition) is 0. The number of carbonyl (C=O) groups excluding carboxylic acids is 1. The lowest BCUT2D eigenvalue weighted by Gasteiger charge is -2.10. The number of esters is 1. The summed E-state index contributed by atoms with van der Waals surface area (Å²) in [5.74, 6) is -0.881. The van der Waals surface area contributed by atoms with E-state index in [1.165, 1.54) is 6.07 Å². The maximum Gasteiger partial charge on any atom is 0.338 e. The molecular formula is C11H9BrF2N2O2. The number of pyridine rings is 1. The Morgan fingerprint density at radius 1 is 1.67 bits per heavy atom. The van der Waals surface area contributed by atoms with Crippen molar-refractivity contribution in [3.63, 3.8) is 0 Å². The van der Waals surface area contributed by atoms with Crippen molar-refractivity contribution in [3.05, 3.63) is 28.6 Å². The molecule has 96 valence electrons. The van der Waals surface area contributed by atoms with E-state index in [1.54, 1.807) is 13.0 Å². The van der Waals surface area contributed by atoms with Crippen LogP contribution in [0.25, 0.3) is 0 Å².